The Bertz CT molecular complexity index is 219. The van der Waals surface area contributed by atoms with Crippen LogP contribution in [0.25, 0.3) is 0 Å². The molecule has 1 fully saturated rings. The number of rotatable bonds is 3. The third-order valence-corrected chi connectivity index (χ3v) is 4.33. The molecule has 82 valence electrons. The molecule has 0 aromatic rings. The van der Waals surface area contributed by atoms with E-state index in [1.54, 1.807) is 5.57 Å². The molecule has 1 aliphatic carbocycles. The lowest BCUT2D eigenvalue weighted by Gasteiger charge is -2.31. The molecular weight excluding hydrogens is 170 g/mol. The number of allylic oxidation sites excluding steroid dienone is 1. The van der Waals surface area contributed by atoms with Gasteiger partial charge in [0, 0.05) is 6.04 Å². The van der Waals surface area contributed by atoms with Crippen LogP contribution in [0.1, 0.15) is 47.5 Å². The predicted octanol–water partition coefficient (Wildman–Crippen LogP) is 3.37. The maximum absolute atomic E-state index is 3.61. The van der Waals surface area contributed by atoms with E-state index in [-0.39, 0.29) is 0 Å². The van der Waals surface area contributed by atoms with E-state index < -0.39 is 0 Å². The Labute approximate surface area is 89.0 Å². The van der Waals surface area contributed by atoms with Crippen molar-refractivity contribution in [2.45, 2.75) is 53.5 Å². The van der Waals surface area contributed by atoms with Gasteiger partial charge in [-0.3, -0.25) is 0 Å². The zero-order valence-electron chi connectivity index (χ0n) is 10.4. The molecule has 3 atom stereocenters. The van der Waals surface area contributed by atoms with Gasteiger partial charge in [-0.15, -0.1) is 0 Å². The van der Waals surface area contributed by atoms with Crippen molar-refractivity contribution in [3.05, 3.63) is 11.6 Å². The van der Waals surface area contributed by atoms with Crippen LogP contribution in [0.5, 0.6) is 0 Å². The van der Waals surface area contributed by atoms with Crippen molar-refractivity contribution in [1.29, 1.82) is 0 Å². The molecule has 0 aliphatic heterocycles. The highest BCUT2D eigenvalue weighted by Crippen LogP contribution is 2.49. The highest BCUT2D eigenvalue weighted by Gasteiger charge is 2.43. The summed E-state index contributed by atoms with van der Waals surface area (Å²) in [7, 11) is 0. The van der Waals surface area contributed by atoms with E-state index in [2.05, 4.69) is 46.0 Å². The fourth-order valence-corrected chi connectivity index (χ4v) is 2.89. The first-order valence-corrected chi connectivity index (χ1v) is 5.99. The Morgan fingerprint density at radius 2 is 2.14 bits per heavy atom. The fraction of sp³-hybridized carbons (Fsp3) is 0.846. The average Bonchev–Trinajstić information content (AvgIpc) is 2.44. The summed E-state index contributed by atoms with van der Waals surface area (Å²) in [5, 5.41) is 3.61. The summed E-state index contributed by atoms with van der Waals surface area (Å²) in [6.45, 7) is 12.6. The molecular formula is C13H25N. The van der Waals surface area contributed by atoms with Gasteiger partial charge in [-0.2, -0.15) is 0 Å². The Morgan fingerprint density at radius 3 is 2.50 bits per heavy atom. The van der Waals surface area contributed by atoms with Crippen molar-refractivity contribution < 1.29 is 0 Å². The quantitative estimate of drug-likeness (QED) is 0.681. The molecule has 14 heavy (non-hydrogen) atoms. The third-order valence-electron chi connectivity index (χ3n) is 4.33. The van der Waals surface area contributed by atoms with Gasteiger partial charge in [-0.1, -0.05) is 39.3 Å². The van der Waals surface area contributed by atoms with Crippen LogP contribution < -0.4 is 5.32 Å². The summed E-state index contributed by atoms with van der Waals surface area (Å²) in [6.07, 6.45) is 4.84. The van der Waals surface area contributed by atoms with Gasteiger partial charge >= 0.3 is 0 Å². The molecule has 1 heteroatoms. The molecule has 0 aromatic heterocycles. The Balaban J connectivity index is 2.85. The van der Waals surface area contributed by atoms with Crippen molar-refractivity contribution >= 4 is 0 Å². The lowest BCUT2D eigenvalue weighted by atomic mass is 9.75. The molecule has 0 aromatic carbocycles. The van der Waals surface area contributed by atoms with Gasteiger partial charge in [-0.25, -0.2) is 0 Å². The van der Waals surface area contributed by atoms with Crippen LogP contribution in [-0.2, 0) is 0 Å². The molecule has 1 aliphatic rings. The van der Waals surface area contributed by atoms with Crippen LogP contribution in [0.2, 0.25) is 0 Å². The van der Waals surface area contributed by atoms with E-state index in [4.69, 9.17) is 0 Å². The summed E-state index contributed by atoms with van der Waals surface area (Å²) < 4.78 is 0. The summed E-state index contributed by atoms with van der Waals surface area (Å²) in [5.41, 5.74) is 2.08. The second-order valence-electron chi connectivity index (χ2n) is 4.74. The summed E-state index contributed by atoms with van der Waals surface area (Å²) in [4.78, 5) is 0. The molecule has 1 rings (SSSR count). The van der Waals surface area contributed by atoms with Crippen molar-refractivity contribution in [2.75, 3.05) is 6.54 Å². The second kappa shape index (κ2) is 4.48. The first-order valence-electron chi connectivity index (χ1n) is 5.99. The van der Waals surface area contributed by atoms with Gasteiger partial charge in [0.1, 0.15) is 0 Å². The van der Waals surface area contributed by atoms with Crippen molar-refractivity contribution in [2.24, 2.45) is 11.3 Å². The molecule has 0 radical (unpaired) electrons. The van der Waals surface area contributed by atoms with Crippen LogP contribution in [0, 0.1) is 11.3 Å². The maximum atomic E-state index is 3.61. The van der Waals surface area contributed by atoms with Crippen molar-refractivity contribution in [1.82, 2.24) is 5.32 Å². The Morgan fingerprint density at radius 1 is 1.50 bits per heavy atom. The number of hydrogen-bond acceptors (Lipinski definition) is 1. The molecule has 1 N–H and O–H groups in total. The Hall–Kier alpha value is -0.300. The van der Waals surface area contributed by atoms with Crippen molar-refractivity contribution in [3.8, 4) is 0 Å². The standard InChI is InChI=1S/C13H25N/c1-6-11-9-12(14-8-3)10(4)13(11,5)7-2/h6,10,12,14H,7-9H2,1-5H3. The highest BCUT2D eigenvalue weighted by atomic mass is 14.9. The van der Waals surface area contributed by atoms with E-state index in [1.807, 2.05) is 0 Å². The van der Waals surface area contributed by atoms with Crippen LogP contribution >= 0.6 is 0 Å². The second-order valence-corrected chi connectivity index (χ2v) is 4.74. The Kier molecular flexibility index (Phi) is 3.77. The zero-order valence-corrected chi connectivity index (χ0v) is 10.4. The van der Waals surface area contributed by atoms with Gasteiger partial charge in [0.05, 0.1) is 0 Å². The topological polar surface area (TPSA) is 12.0 Å². The fourth-order valence-electron chi connectivity index (χ4n) is 2.89. The minimum Gasteiger partial charge on any atom is -0.314 e. The van der Waals surface area contributed by atoms with E-state index in [1.165, 1.54) is 12.8 Å². The molecule has 0 spiro atoms. The zero-order chi connectivity index (χ0) is 10.8. The lowest BCUT2D eigenvalue weighted by Crippen LogP contribution is -2.35. The van der Waals surface area contributed by atoms with Crippen molar-refractivity contribution in [3.63, 3.8) is 0 Å². The van der Waals surface area contributed by atoms with Gasteiger partial charge in [0.15, 0.2) is 0 Å². The smallest absolute Gasteiger partial charge is 0.0138 e. The molecule has 3 unspecified atom stereocenters. The summed E-state index contributed by atoms with van der Waals surface area (Å²) in [5.74, 6) is 0.763. The minimum atomic E-state index is 0.432. The first kappa shape index (κ1) is 11.8. The number of nitrogens with one attached hydrogen (secondary N) is 1. The monoisotopic (exact) mass is 195 g/mol. The SMILES string of the molecule is CC=C1CC(NCC)C(C)C1(C)CC. The molecule has 1 saturated carbocycles. The number of hydrogen-bond donors (Lipinski definition) is 1. The minimum absolute atomic E-state index is 0.432. The highest BCUT2D eigenvalue weighted by molar-refractivity contribution is 5.22. The predicted molar refractivity (Wildman–Crippen MR) is 63.4 cm³/mol. The van der Waals surface area contributed by atoms with E-state index in [0.29, 0.717) is 11.5 Å². The normalized spacial score (nSPS) is 40.8. The van der Waals surface area contributed by atoms with Gasteiger partial charge in [0.25, 0.3) is 0 Å². The van der Waals surface area contributed by atoms with Crippen LogP contribution in [0.3, 0.4) is 0 Å². The molecule has 0 saturated heterocycles. The van der Waals surface area contributed by atoms with E-state index >= 15 is 0 Å². The van der Waals surface area contributed by atoms with Crippen LogP contribution in [0.4, 0.5) is 0 Å². The maximum Gasteiger partial charge on any atom is 0.0138 e. The summed E-state index contributed by atoms with van der Waals surface area (Å²) in [6, 6.07) is 0.691. The van der Waals surface area contributed by atoms with E-state index in [9.17, 15) is 0 Å². The summed E-state index contributed by atoms with van der Waals surface area (Å²) >= 11 is 0. The van der Waals surface area contributed by atoms with Gasteiger partial charge in [-0.05, 0) is 37.6 Å². The molecule has 0 heterocycles. The molecule has 1 nitrogen and oxygen atoms in total. The molecule has 0 amide bonds. The third kappa shape index (κ3) is 1.75. The average molecular weight is 195 g/mol. The van der Waals surface area contributed by atoms with Crippen LogP contribution in [-0.4, -0.2) is 12.6 Å². The first-order chi connectivity index (χ1) is 6.60. The van der Waals surface area contributed by atoms with Crippen LogP contribution in [0.15, 0.2) is 11.6 Å². The van der Waals surface area contributed by atoms with Gasteiger partial charge in [0.2, 0.25) is 0 Å². The lowest BCUT2D eigenvalue weighted by molar-refractivity contribution is 0.249. The molecule has 0 bridgehead atoms. The largest absolute Gasteiger partial charge is 0.314 e. The van der Waals surface area contributed by atoms with Gasteiger partial charge < -0.3 is 5.32 Å². The van der Waals surface area contributed by atoms with E-state index in [0.717, 1.165) is 12.5 Å².